The van der Waals surface area contributed by atoms with Crippen molar-refractivity contribution in [2.75, 3.05) is 6.61 Å². The zero-order valence-corrected chi connectivity index (χ0v) is 20.6. The minimum Gasteiger partial charge on any atom is -0.396 e. The van der Waals surface area contributed by atoms with Crippen LogP contribution < -0.4 is 10.9 Å². The van der Waals surface area contributed by atoms with Crippen molar-refractivity contribution in [2.24, 2.45) is 17.8 Å². The molecule has 1 aromatic heterocycles. The quantitative estimate of drug-likeness (QED) is 0.655. The van der Waals surface area contributed by atoms with Crippen LogP contribution in [0.15, 0.2) is 53.3 Å². The van der Waals surface area contributed by atoms with Crippen molar-refractivity contribution in [1.29, 1.82) is 0 Å². The summed E-state index contributed by atoms with van der Waals surface area (Å²) >= 11 is 0. The van der Waals surface area contributed by atoms with Gasteiger partial charge >= 0.3 is 0 Å². The van der Waals surface area contributed by atoms with Gasteiger partial charge in [0.25, 0.3) is 5.56 Å². The average molecular weight is 488 g/mol. The van der Waals surface area contributed by atoms with E-state index in [9.17, 15) is 19.5 Å². The van der Waals surface area contributed by atoms with Crippen molar-refractivity contribution < 1.29 is 14.7 Å². The number of nitrogens with one attached hydrogen (secondary N) is 1. The number of carbonyl (C=O) groups excluding carboxylic acids is 2. The fourth-order valence-corrected chi connectivity index (χ4v) is 6.54. The van der Waals surface area contributed by atoms with Crippen LogP contribution in [0.25, 0.3) is 5.57 Å². The van der Waals surface area contributed by atoms with Crippen LogP contribution in [0.3, 0.4) is 0 Å². The van der Waals surface area contributed by atoms with Crippen LogP contribution in [0.1, 0.15) is 67.9 Å². The highest BCUT2D eigenvalue weighted by Gasteiger charge is 2.58. The third-order valence-electron chi connectivity index (χ3n) is 8.57. The van der Waals surface area contributed by atoms with E-state index in [1.807, 2.05) is 54.3 Å². The van der Waals surface area contributed by atoms with Gasteiger partial charge in [0, 0.05) is 36.2 Å². The maximum atomic E-state index is 13.8. The molecule has 36 heavy (non-hydrogen) atoms. The van der Waals surface area contributed by atoms with E-state index in [4.69, 9.17) is 0 Å². The molecule has 6 rings (SSSR count). The molecule has 2 aliphatic heterocycles. The summed E-state index contributed by atoms with van der Waals surface area (Å²) in [4.78, 5) is 42.8. The molecule has 2 aliphatic carbocycles. The number of pyridine rings is 1. The number of aliphatic hydroxyl groups is 1. The van der Waals surface area contributed by atoms with Crippen LogP contribution in [-0.2, 0) is 16.1 Å². The fraction of sp³-hybridized carbons (Fsp3) is 0.483. The number of allylic oxidation sites excluding steroid dienone is 2. The monoisotopic (exact) mass is 487 g/mol. The Balaban J connectivity index is 1.40. The minimum atomic E-state index is -0.626. The van der Waals surface area contributed by atoms with Crippen molar-refractivity contribution in [1.82, 2.24) is 14.8 Å². The summed E-state index contributed by atoms with van der Waals surface area (Å²) in [7, 11) is 0. The summed E-state index contributed by atoms with van der Waals surface area (Å²) in [5, 5.41) is 13.6. The second-order valence-corrected chi connectivity index (χ2v) is 10.8. The Morgan fingerprint density at radius 3 is 2.58 bits per heavy atom. The van der Waals surface area contributed by atoms with E-state index in [1.165, 1.54) is 0 Å². The van der Waals surface area contributed by atoms with Gasteiger partial charge < -0.3 is 19.9 Å². The van der Waals surface area contributed by atoms with Crippen LogP contribution in [0, 0.1) is 17.8 Å². The molecule has 1 saturated carbocycles. The maximum absolute atomic E-state index is 13.8. The topological polar surface area (TPSA) is 91.6 Å². The van der Waals surface area contributed by atoms with Gasteiger partial charge in [-0.3, -0.25) is 14.4 Å². The Kier molecular flexibility index (Phi) is 5.83. The molecular formula is C29H33N3O4. The normalized spacial score (nSPS) is 27.4. The van der Waals surface area contributed by atoms with E-state index in [1.54, 1.807) is 4.57 Å². The summed E-state index contributed by atoms with van der Waals surface area (Å²) in [5.41, 5.74) is 3.45. The van der Waals surface area contributed by atoms with E-state index < -0.39 is 17.9 Å². The summed E-state index contributed by atoms with van der Waals surface area (Å²) in [6.45, 7) is 2.04. The first-order chi connectivity index (χ1) is 17.5. The number of benzene rings is 1. The lowest BCUT2D eigenvalue weighted by Crippen LogP contribution is -2.50. The molecule has 7 nitrogen and oxygen atoms in total. The van der Waals surface area contributed by atoms with Gasteiger partial charge in [0.2, 0.25) is 11.8 Å². The Labute approximate surface area is 210 Å². The van der Waals surface area contributed by atoms with Crippen molar-refractivity contribution in [2.45, 2.75) is 63.7 Å². The number of rotatable bonds is 6. The molecule has 5 atom stereocenters. The van der Waals surface area contributed by atoms with Crippen LogP contribution in [-0.4, -0.2) is 39.0 Å². The van der Waals surface area contributed by atoms with Gasteiger partial charge in [0.1, 0.15) is 0 Å². The number of hydrogen-bond acceptors (Lipinski definition) is 4. The molecular weight excluding hydrogens is 454 g/mol. The molecule has 0 unspecified atom stereocenters. The Morgan fingerprint density at radius 2 is 1.92 bits per heavy atom. The number of hydrogen-bond donors (Lipinski definition) is 2. The lowest BCUT2D eigenvalue weighted by atomic mass is 9.86. The molecule has 2 N–H and O–H groups in total. The Morgan fingerprint density at radius 1 is 1.14 bits per heavy atom. The lowest BCUT2D eigenvalue weighted by molar-refractivity contribution is -0.138. The standard InChI is InChI=1S/C29H33N3O4/c1-17(18-7-3-2-4-8-18)30-27(34)25-22(16-33)24-15-31-23(26(25)32(24)28(35)20-11-12-20)14-13-21(29(31)36)19-9-5-6-10-19/h2-4,7-9,13-14,17,20,22,24-26,33H,5-6,10-12,15-16H2,1H3,(H,30,34)/t17-,22+,24+,25-,26-/m1/s1. The fourth-order valence-electron chi connectivity index (χ4n) is 6.54. The molecule has 3 heterocycles. The Hall–Kier alpha value is -3.19. The third-order valence-corrected chi connectivity index (χ3v) is 8.57. The van der Waals surface area contributed by atoms with Gasteiger partial charge in [-0.1, -0.05) is 36.4 Å². The van der Waals surface area contributed by atoms with E-state index in [0.29, 0.717) is 12.2 Å². The molecule has 4 aliphatic rings. The van der Waals surface area contributed by atoms with E-state index in [2.05, 4.69) is 11.4 Å². The molecule has 2 fully saturated rings. The van der Waals surface area contributed by atoms with E-state index in [-0.39, 0.29) is 42.0 Å². The highest BCUT2D eigenvalue weighted by Crippen LogP contribution is 2.50. The summed E-state index contributed by atoms with van der Waals surface area (Å²) < 4.78 is 1.77. The highest BCUT2D eigenvalue weighted by atomic mass is 16.3. The van der Waals surface area contributed by atoms with Crippen LogP contribution >= 0.6 is 0 Å². The van der Waals surface area contributed by atoms with Gasteiger partial charge in [-0.2, -0.15) is 0 Å². The second kappa shape index (κ2) is 9.04. The summed E-state index contributed by atoms with van der Waals surface area (Å²) in [6.07, 6.45) is 6.80. The molecule has 188 valence electrons. The zero-order chi connectivity index (χ0) is 25.0. The molecule has 2 aromatic rings. The molecule has 0 spiro atoms. The number of carbonyl (C=O) groups is 2. The van der Waals surface area contributed by atoms with Gasteiger partial charge in [-0.05, 0) is 62.3 Å². The first-order valence-electron chi connectivity index (χ1n) is 13.2. The Bertz CT molecular complexity index is 1280. The first kappa shape index (κ1) is 23.2. The van der Waals surface area contributed by atoms with Crippen LogP contribution in [0.5, 0.6) is 0 Å². The minimum absolute atomic E-state index is 0.0133. The SMILES string of the molecule is C[C@@H](NC(=O)[C@@H]1[C@@H](CO)[C@@H]2Cn3c(ccc(C4=CCCC4)c3=O)[C@H]1N2C(=O)C1CC1)c1ccccc1. The van der Waals surface area contributed by atoms with Crippen molar-refractivity contribution in [3.63, 3.8) is 0 Å². The number of aliphatic hydroxyl groups excluding tert-OH is 1. The predicted molar refractivity (Wildman–Crippen MR) is 136 cm³/mol. The van der Waals surface area contributed by atoms with E-state index >= 15 is 0 Å². The first-order valence-corrected chi connectivity index (χ1v) is 13.2. The number of nitrogens with zero attached hydrogens (tertiary/aromatic N) is 2. The van der Waals surface area contributed by atoms with Crippen LogP contribution in [0.2, 0.25) is 0 Å². The molecule has 2 bridgehead atoms. The molecule has 2 amide bonds. The lowest BCUT2D eigenvalue weighted by Gasteiger charge is -2.38. The summed E-state index contributed by atoms with van der Waals surface area (Å²) in [6, 6.07) is 12.4. The number of fused-ring (bicyclic) bond motifs is 4. The molecule has 1 aromatic carbocycles. The molecule has 7 heteroatoms. The number of aromatic nitrogens is 1. The molecule has 1 saturated heterocycles. The van der Waals surface area contributed by atoms with E-state index in [0.717, 1.165) is 48.8 Å². The number of amides is 2. The van der Waals surface area contributed by atoms with Gasteiger partial charge in [0.05, 0.1) is 24.0 Å². The van der Waals surface area contributed by atoms with Crippen LogP contribution in [0.4, 0.5) is 0 Å². The van der Waals surface area contributed by atoms with Crippen molar-refractivity contribution in [3.05, 3.63) is 75.7 Å². The van der Waals surface area contributed by atoms with Gasteiger partial charge in [0.15, 0.2) is 0 Å². The maximum Gasteiger partial charge on any atom is 0.258 e. The zero-order valence-electron chi connectivity index (χ0n) is 20.6. The smallest absolute Gasteiger partial charge is 0.258 e. The predicted octanol–water partition coefficient (Wildman–Crippen LogP) is 3.19. The summed E-state index contributed by atoms with van der Waals surface area (Å²) in [5.74, 6) is -1.21. The average Bonchev–Trinajstić information content (AvgIpc) is 3.54. The van der Waals surface area contributed by atoms with Crippen molar-refractivity contribution in [3.8, 4) is 0 Å². The van der Waals surface area contributed by atoms with Gasteiger partial charge in [-0.15, -0.1) is 0 Å². The second-order valence-electron chi connectivity index (χ2n) is 10.8. The highest BCUT2D eigenvalue weighted by molar-refractivity contribution is 5.86. The van der Waals surface area contributed by atoms with Crippen molar-refractivity contribution >= 4 is 17.4 Å². The molecule has 0 radical (unpaired) electrons. The third kappa shape index (κ3) is 3.72. The largest absolute Gasteiger partial charge is 0.396 e. The van der Waals surface area contributed by atoms with Gasteiger partial charge in [-0.25, -0.2) is 0 Å².